The molecule has 0 saturated heterocycles. The van der Waals surface area contributed by atoms with Gasteiger partial charge in [0.2, 0.25) is 0 Å². The molecule has 114 valence electrons. The minimum absolute atomic E-state index is 0.0695. The van der Waals surface area contributed by atoms with Gasteiger partial charge in [0, 0.05) is 24.3 Å². The number of aliphatic hydroxyl groups is 1. The third kappa shape index (κ3) is 2.93. The first kappa shape index (κ1) is 14.9. The van der Waals surface area contributed by atoms with Crippen molar-refractivity contribution in [3.8, 4) is 0 Å². The summed E-state index contributed by atoms with van der Waals surface area (Å²) in [5.74, 6) is 0.915. The molecule has 1 heterocycles. The predicted octanol–water partition coefficient (Wildman–Crippen LogP) is 3.32. The van der Waals surface area contributed by atoms with Crippen LogP contribution in [0.2, 0.25) is 5.02 Å². The van der Waals surface area contributed by atoms with Crippen LogP contribution in [0.15, 0.2) is 48.5 Å². The lowest BCUT2D eigenvalue weighted by Crippen LogP contribution is -2.20. The summed E-state index contributed by atoms with van der Waals surface area (Å²) in [6.07, 6.45) is 0. The number of halogens is 1. The Morgan fingerprint density at radius 1 is 1.18 bits per heavy atom. The second-order valence-electron chi connectivity index (χ2n) is 5.23. The smallest absolute Gasteiger partial charge is 0.129 e. The van der Waals surface area contributed by atoms with Gasteiger partial charge in [0.05, 0.1) is 24.2 Å². The van der Waals surface area contributed by atoms with E-state index in [1.54, 1.807) is 0 Å². The van der Waals surface area contributed by atoms with Gasteiger partial charge in [0.15, 0.2) is 0 Å². The van der Waals surface area contributed by atoms with Crippen molar-refractivity contribution in [1.29, 1.82) is 0 Å². The molecular formula is C17H18ClN3O. The van der Waals surface area contributed by atoms with Gasteiger partial charge in [-0.05, 0) is 30.3 Å². The second-order valence-corrected chi connectivity index (χ2v) is 5.66. The molecule has 0 fully saturated rings. The van der Waals surface area contributed by atoms with E-state index in [-0.39, 0.29) is 6.61 Å². The molecule has 0 amide bonds. The van der Waals surface area contributed by atoms with Gasteiger partial charge in [-0.15, -0.1) is 0 Å². The Hall–Kier alpha value is -2.04. The molecule has 0 unspecified atom stereocenters. The molecule has 0 spiro atoms. The molecule has 3 rings (SSSR count). The highest BCUT2D eigenvalue weighted by atomic mass is 35.5. The highest BCUT2D eigenvalue weighted by Crippen LogP contribution is 2.22. The summed E-state index contributed by atoms with van der Waals surface area (Å²) in [5.41, 5.74) is 2.98. The van der Waals surface area contributed by atoms with Gasteiger partial charge in [-0.1, -0.05) is 29.8 Å². The van der Waals surface area contributed by atoms with Crippen molar-refractivity contribution in [2.45, 2.75) is 13.1 Å². The lowest BCUT2D eigenvalue weighted by Gasteiger charge is -2.19. The average molecular weight is 316 g/mol. The Kier molecular flexibility index (Phi) is 4.32. The summed E-state index contributed by atoms with van der Waals surface area (Å²) < 4.78 is 2.03. The van der Waals surface area contributed by atoms with Gasteiger partial charge < -0.3 is 14.6 Å². The Morgan fingerprint density at radius 3 is 2.68 bits per heavy atom. The molecule has 22 heavy (non-hydrogen) atoms. The molecule has 0 atom stereocenters. The van der Waals surface area contributed by atoms with Gasteiger partial charge in [-0.25, -0.2) is 4.98 Å². The number of hydrogen-bond donors (Lipinski definition) is 1. The lowest BCUT2D eigenvalue weighted by molar-refractivity contribution is 0.276. The maximum absolute atomic E-state index is 9.35. The molecule has 2 aromatic carbocycles. The molecule has 1 N–H and O–H groups in total. The summed E-state index contributed by atoms with van der Waals surface area (Å²) in [7, 11) is 2.03. The van der Waals surface area contributed by atoms with Crippen molar-refractivity contribution < 1.29 is 5.11 Å². The number of aliphatic hydroxyl groups excluding tert-OH is 1. The van der Waals surface area contributed by atoms with Crippen LogP contribution in [0, 0.1) is 0 Å². The molecule has 0 aliphatic heterocycles. The first-order chi connectivity index (χ1) is 10.7. The summed E-state index contributed by atoms with van der Waals surface area (Å²) in [4.78, 5) is 6.83. The fourth-order valence-electron chi connectivity index (χ4n) is 2.60. The minimum atomic E-state index is 0.0695. The van der Waals surface area contributed by atoms with E-state index < -0.39 is 0 Å². The van der Waals surface area contributed by atoms with Gasteiger partial charge in [0.25, 0.3) is 0 Å². The Morgan fingerprint density at radius 2 is 1.95 bits per heavy atom. The van der Waals surface area contributed by atoms with Crippen LogP contribution in [0.1, 0.15) is 5.82 Å². The van der Waals surface area contributed by atoms with Gasteiger partial charge in [-0.3, -0.25) is 0 Å². The number of nitrogens with zero attached hydrogens (tertiary/aromatic N) is 3. The van der Waals surface area contributed by atoms with E-state index in [1.807, 2.05) is 48.0 Å². The molecule has 0 radical (unpaired) electrons. The molecule has 0 saturated carbocycles. The summed E-state index contributed by atoms with van der Waals surface area (Å²) in [6, 6.07) is 15.8. The fourth-order valence-corrected chi connectivity index (χ4v) is 2.77. The van der Waals surface area contributed by atoms with Crippen LogP contribution in [0.25, 0.3) is 11.0 Å². The largest absolute Gasteiger partial charge is 0.395 e. The first-order valence-corrected chi connectivity index (χ1v) is 7.58. The number of hydrogen-bond acceptors (Lipinski definition) is 3. The van der Waals surface area contributed by atoms with Crippen LogP contribution in [0.3, 0.4) is 0 Å². The zero-order chi connectivity index (χ0) is 15.5. The topological polar surface area (TPSA) is 41.3 Å². The third-order valence-corrected chi connectivity index (χ3v) is 3.92. The molecule has 4 nitrogen and oxygen atoms in total. The van der Waals surface area contributed by atoms with Crippen molar-refractivity contribution in [2.24, 2.45) is 0 Å². The third-order valence-electron chi connectivity index (χ3n) is 3.69. The number of fused-ring (bicyclic) bond motifs is 1. The summed E-state index contributed by atoms with van der Waals surface area (Å²) in [5, 5.41) is 10.0. The standard InChI is InChI=1S/C17H18ClN3O/c1-20(14-5-3-2-4-6-14)12-17-19-15-8-7-13(18)11-16(15)21(17)9-10-22/h2-8,11,22H,9-10,12H2,1H3. The van der Waals surface area contributed by atoms with Crippen molar-refractivity contribution in [1.82, 2.24) is 9.55 Å². The molecule has 0 aliphatic rings. The fraction of sp³-hybridized carbons (Fsp3) is 0.235. The normalized spacial score (nSPS) is 11.0. The minimum Gasteiger partial charge on any atom is -0.395 e. The van der Waals surface area contributed by atoms with E-state index in [4.69, 9.17) is 11.6 Å². The quantitative estimate of drug-likeness (QED) is 0.785. The molecule has 3 aromatic rings. The molecule has 5 heteroatoms. The second kappa shape index (κ2) is 6.38. The van der Waals surface area contributed by atoms with Gasteiger partial charge in [0.1, 0.15) is 5.82 Å². The maximum atomic E-state index is 9.35. The predicted molar refractivity (Wildman–Crippen MR) is 90.4 cm³/mol. The van der Waals surface area contributed by atoms with E-state index in [1.165, 1.54) is 0 Å². The monoisotopic (exact) mass is 315 g/mol. The van der Waals surface area contributed by atoms with Crippen LogP contribution in [-0.4, -0.2) is 28.3 Å². The molecular weight excluding hydrogens is 298 g/mol. The van der Waals surface area contributed by atoms with E-state index >= 15 is 0 Å². The summed E-state index contributed by atoms with van der Waals surface area (Å²) in [6.45, 7) is 1.24. The highest BCUT2D eigenvalue weighted by Gasteiger charge is 2.13. The molecule has 0 aliphatic carbocycles. The van der Waals surface area contributed by atoms with Crippen molar-refractivity contribution in [3.05, 3.63) is 59.4 Å². The van der Waals surface area contributed by atoms with Crippen molar-refractivity contribution >= 4 is 28.3 Å². The maximum Gasteiger partial charge on any atom is 0.129 e. The molecule has 1 aromatic heterocycles. The molecule has 0 bridgehead atoms. The Labute approximate surface area is 134 Å². The van der Waals surface area contributed by atoms with E-state index in [0.29, 0.717) is 18.1 Å². The number of imidazole rings is 1. The van der Waals surface area contributed by atoms with E-state index in [9.17, 15) is 5.11 Å². The lowest BCUT2D eigenvalue weighted by atomic mass is 10.3. The first-order valence-electron chi connectivity index (χ1n) is 7.21. The Bertz CT molecular complexity index is 770. The Balaban J connectivity index is 1.97. The van der Waals surface area contributed by atoms with Gasteiger partial charge >= 0.3 is 0 Å². The number of aromatic nitrogens is 2. The number of benzene rings is 2. The zero-order valence-corrected chi connectivity index (χ0v) is 13.2. The van der Waals surface area contributed by atoms with Crippen LogP contribution >= 0.6 is 11.6 Å². The number of anilines is 1. The van der Waals surface area contributed by atoms with E-state index in [2.05, 4.69) is 22.0 Å². The zero-order valence-electron chi connectivity index (χ0n) is 12.4. The van der Waals surface area contributed by atoms with Crippen LogP contribution in [0.5, 0.6) is 0 Å². The van der Waals surface area contributed by atoms with Crippen LogP contribution < -0.4 is 4.90 Å². The summed E-state index contributed by atoms with van der Waals surface area (Å²) >= 11 is 6.09. The average Bonchev–Trinajstić information content (AvgIpc) is 2.86. The SMILES string of the molecule is CN(Cc1nc2ccc(Cl)cc2n1CCO)c1ccccc1. The van der Waals surface area contributed by atoms with Crippen LogP contribution in [-0.2, 0) is 13.1 Å². The van der Waals surface area contributed by atoms with E-state index in [0.717, 1.165) is 22.5 Å². The number of rotatable bonds is 5. The van der Waals surface area contributed by atoms with Gasteiger partial charge in [-0.2, -0.15) is 0 Å². The van der Waals surface area contributed by atoms with Crippen molar-refractivity contribution in [2.75, 3.05) is 18.6 Å². The van der Waals surface area contributed by atoms with Crippen molar-refractivity contribution in [3.63, 3.8) is 0 Å². The highest BCUT2D eigenvalue weighted by molar-refractivity contribution is 6.31. The number of para-hydroxylation sites is 1. The van der Waals surface area contributed by atoms with Crippen LogP contribution in [0.4, 0.5) is 5.69 Å².